The maximum atomic E-state index is 13.6. The molecule has 2 aromatic carbocycles. The van der Waals surface area contributed by atoms with Gasteiger partial charge in [0.05, 0.1) is 0 Å². The molecule has 7 heteroatoms. The summed E-state index contributed by atoms with van der Waals surface area (Å²) in [6, 6.07) is 4.45. The number of hydrogen-bond acceptors (Lipinski definition) is 3. The minimum Gasteiger partial charge on any atom is -0.505 e. The zero-order valence-electron chi connectivity index (χ0n) is 11.1. The molecule has 0 bridgehead atoms. The molecule has 0 aliphatic rings. The minimum atomic E-state index is -1.64. The van der Waals surface area contributed by atoms with Crippen LogP contribution in [0.4, 0.5) is 28.9 Å². The van der Waals surface area contributed by atoms with Gasteiger partial charge in [-0.25, -0.2) is 17.6 Å². The summed E-state index contributed by atoms with van der Waals surface area (Å²) in [4.78, 5) is 0. The molecule has 0 spiro atoms. The average Bonchev–Trinajstić information content (AvgIpc) is 2.47. The van der Waals surface area contributed by atoms with Gasteiger partial charge in [0.15, 0.2) is 29.0 Å². The number of benzene rings is 2. The van der Waals surface area contributed by atoms with Crippen LogP contribution >= 0.6 is 0 Å². The highest BCUT2D eigenvalue weighted by Gasteiger charge is 2.23. The third-order valence-electron chi connectivity index (χ3n) is 2.93. The SMILES string of the molecule is Cc1cccc(N=Nc2c(F)c(F)c(C)c(F)c2F)c1O. The first-order chi connectivity index (χ1) is 9.84. The van der Waals surface area contributed by atoms with Gasteiger partial charge in [0.1, 0.15) is 11.4 Å². The van der Waals surface area contributed by atoms with Crippen molar-refractivity contribution in [2.45, 2.75) is 13.8 Å². The Morgan fingerprint density at radius 2 is 1.43 bits per heavy atom. The Hall–Kier alpha value is -2.44. The molecule has 0 unspecified atom stereocenters. The average molecular weight is 298 g/mol. The van der Waals surface area contributed by atoms with Crippen molar-refractivity contribution in [2.75, 3.05) is 0 Å². The van der Waals surface area contributed by atoms with E-state index in [1.807, 2.05) is 0 Å². The Morgan fingerprint density at radius 3 is 2.00 bits per heavy atom. The first kappa shape index (κ1) is 15.0. The van der Waals surface area contributed by atoms with Crippen LogP contribution in [-0.4, -0.2) is 5.11 Å². The van der Waals surface area contributed by atoms with E-state index >= 15 is 0 Å². The van der Waals surface area contributed by atoms with Crippen LogP contribution < -0.4 is 0 Å². The van der Waals surface area contributed by atoms with Crippen LogP contribution in [0.2, 0.25) is 0 Å². The zero-order valence-corrected chi connectivity index (χ0v) is 11.1. The number of aryl methyl sites for hydroxylation is 1. The van der Waals surface area contributed by atoms with Gasteiger partial charge < -0.3 is 5.11 Å². The van der Waals surface area contributed by atoms with Crippen molar-refractivity contribution in [1.29, 1.82) is 0 Å². The van der Waals surface area contributed by atoms with Crippen LogP contribution in [-0.2, 0) is 0 Å². The number of para-hydroxylation sites is 1. The van der Waals surface area contributed by atoms with Gasteiger partial charge in [0.2, 0.25) is 0 Å². The second kappa shape index (κ2) is 5.51. The fourth-order valence-electron chi connectivity index (χ4n) is 1.65. The minimum absolute atomic E-state index is 0.0739. The molecule has 0 amide bonds. The monoisotopic (exact) mass is 298 g/mol. The molecule has 0 fully saturated rings. The van der Waals surface area contributed by atoms with E-state index in [1.54, 1.807) is 13.0 Å². The second-order valence-electron chi connectivity index (χ2n) is 4.37. The summed E-state index contributed by atoms with van der Waals surface area (Å²) in [5, 5.41) is 16.3. The van der Waals surface area contributed by atoms with Crippen LogP contribution in [0, 0.1) is 37.1 Å². The van der Waals surface area contributed by atoms with E-state index in [-0.39, 0.29) is 11.4 Å². The van der Waals surface area contributed by atoms with Gasteiger partial charge in [-0.3, -0.25) is 0 Å². The van der Waals surface area contributed by atoms with Gasteiger partial charge >= 0.3 is 0 Å². The number of rotatable bonds is 2. The fraction of sp³-hybridized carbons (Fsp3) is 0.143. The number of azo groups is 1. The maximum Gasteiger partial charge on any atom is 0.189 e. The first-order valence-electron chi connectivity index (χ1n) is 5.87. The molecule has 2 aromatic rings. The van der Waals surface area contributed by atoms with Gasteiger partial charge in [-0.05, 0) is 25.5 Å². The van der Waals surface area contributed by atoms with Gasteiger partial charge in [-0.15, -0.1) is 10.2 Å². The molecule has 110 valence electrons. The van der Waals surface area contributed by atoms with Crippen LogP contribution in [0.15, 0.2) is 28.4 Å². The standard InChI is InChI=1S/C14H10F4N2O/c1-6-4-3-5-8(14(6)21)19-20-13-11(17)9(15)7(2)10(16)12(13)18/h3-5,21H,1-2H3. The first-order valence-corrected chi connectivity index (χ1v) is 5.87. The van der Waals surface area contributed by atoms with Gasteiger partial charge in [0, 0.05) is 5.56 Å². The number of halogens is 4. The van der Waals surface area contributed by atoms with Crippen molar-refractivity contribution in [1.82, 2.24) is 0 Å². The number of phenolic OH excluding ortho intramolecular Hbond substituents is 1. The third kappa shape index (κ3) is 2.58. The topological polar surface area (TPSA) is 45.0 Å². The Kier molecular flexibility index (Phi) is 3.93. The molecule has 0 aliphatic heterocycles. The number of phenols is 1. The Balaban J connectivity index is 2.54. The number of hydrogen-bond donors (Lipinski definition) is 1. The highest BCUT2D eigenvalue weighted by atomic mass is 19.2. The van der Waals surface area contributed by atoms with Crippen LogP contribution in [0.25, 0.3) is 0 Å². The lowest BCUT2D eigenvalue weighted by Gasteiger charge is -2.05. The third-order valence-corrected chi connectivity index (χ3v) is 2.93. The summed E-state index contributed by atoms with van der Waals surface area (Å²) >= 11 is 0. The van der Waals surface area contributed by atoms with Crippen LogP contribution in [0.1, 0.15) is 11.1 Å². The van der Waals surface area contributed by atoms with E-state index in [2.05, 4.69) is 10.2 Å². The van der Waals surface area contributed by atoms with E-state index in [0.717, 1.165) is 6.92 Å². The Morgan fingerprint density at radius 1 is 0.857 bits per heavy atom. The Bertz CT molecular complexity index is 715. The van der Waals surface area contributed by atoms with Crippen molar-refractivity contribution in [3.63, 3.8) is 0 Å². The summed E-state index contributed by atoms with van der Waals surface area (Å²) in [6.45, 7) is 2.49. The van der Waals surface area contributed by atoms with Crippen LogP contribution in [0.3, 0.4) is 0 Å². The smallest absolute Gasteiger partial charge is 0.189 e. The molecule has 0 heterocycles. The highest BCUT2D eigenvalue weighted by molar-refractivity contribution is 5.55. The van der Waals surface area contributed by atoms with Gasteiger partial charge in [0.25, 0.3) is 0 Å². The molecule has 0 atom stereocenters. The molecule has 0 aromatic heterocycles. The molecular weight excluding hydrogens is 288 g/mol. The molecule has 2 rings (SSSR count). The van der Waals surface area contributed by atoms with Gasteiger partial charge in [-0.2, -0.15) is 0 Å². The Labute approximate surface area is 117 Å². The van der Waals surface area contributed by atoms with Crippen molar-refractivity contribution < 1.29 is 22.7 Å². The number of nitrogens with zero attached hydrogens (tertiary/aromatic N) is 2. The lowest BCUT2D eigenvalue weighted by atomic mass is 10.2. The quantitative estimate of drug-likeness (QED) is 0.474. The fourth-order valence-corrected chi connectivity index (χ4v) is 1.65. The summed E-state index contributed by atoms with van der Waals surface area (Å²) in [6.07, 6.45) is 0. The molecule has 0 radical (unpaired) electrons. The van der Waals surface area contributed by atoms with E-state index < -0.39 is 34.5 Å². The van der Waals surface area contributed by atoms with E-state index in [9.17, 15) is 22.7 Å². The van der Waals surface area contributed by atoms with E-state index in [1.165, 1.54) is 12.1 Å². The molecule has 0 saturated heterocycles. The van der Waals surface area contributed by atoms with E-state index in [0.29, 0.717) is 5.56 Å². The molecule has 0 aliphatic carbocycles. The molecule has 0 saturated carbocycles. The predicted octanol–water partition coefficient (Wildman–Crippen LogP) is 4.98. The largest absolute Gasteiger partial charge is 0.505 e. The summed E-state index contributed by atoms with van der Waals surface area (Å²) in [5.41, 5.74) is -1.57. The summed E-state index contributed by atoms with van der Waals surface area (Å²) < 4.78 is 53.9. The van der Waals surface area contributed by atoms with Crippen molar-refractivity contribution >= 4 is 11.4 Å². The molecule has 3 nitrogen and oxygen atoms in total. The lowest BCUT2D eigenvalue weighted by Crippen LogP contribution is -1.99. The second-order valence-corrected chi connectivity index (χ2v) is 4.37. The molecular formula is C14H10F4N2O. The maximum absolute atomic E-state index is 13.6. The van der Waals surface area contributed by atoms with Gasteiger partial charge in [-0.1, -0.05) is 12.1 Å². The van der Waals surface area contributed by atoms with Crippen LogP contribution in [0.5, 0.6) is 5.75 Å². The molecule has 21 heavy (non-hydrogen) atoms. The summed E-state index contributed by atoms with van der Waals surface area (Å²) in [5.74, 6) is -6.58. The summed E-state index contributed by atoms with van der Waals surface area (Å²) in [7, 11) is 0. The normalized spacial score (nSPS) is 11.3. The van der Waals surface area contributed by atoms with E-state index in [4.69, 9.17) is 0 Å². The molecule has 1 N–H and O–H groups in total. The lowest BCUT2D eigenvalue weighted by molar-refractivity contribution is 0.447. The zero-order chi connectivity index (χ0) is 15.7. The van der Waals surface area contributed by atoms with Crippen molar-refractivity contribution in [2.24, 2.45) is 10.2 Å². The highest BCUT2D eigenvalue weighted by Crippen LogP contribution is 2.34. The predicted molar refractivity (Wildman–Crippen MR) is 68.0 cm³/mol. The van der Waals surface area contributed by atoms with Crippen molar-refractivity contribution in [3.05, 3.63) is 52.6 Å². The number of aromatic hydroxyl groups is 1. The van der Waals surface area contributed by atoms with Crippen molar-refractivity contribution in [3.8, 4) is 5.75 Å².